The Bertz CT molecular complexity index is 1580. The average Bonchev–Trinajstić information content (AvgIpc) is 3.74. The van der Waals surface area contributed by atoms with Crippen molar-refractivity contribution in [1.29, 1.82) is 0 Å². The Morgan fingerprint density at radius 3 is 2.50 bits per heavy atom. The smallest absolute Gasteiger partial charge is 0.250 e. The highest BCUT2D eigenvalue weighted by molar-refractivity contribution is 9.09. The van der Waals surface area contributed by atoms with E-state index in [1.165, 1.54) is 4.90 Å². The maximum atomic E-state index is 14.6. The molecule has 3 aromatic rings. The molecule has 3 amide bonds. The molecule has 1 aromatic heterocycles. The molecule has 230 valence electrons. The molecule has 4 heterocycles. The molecule has 3 fully saturated rings. The first-order valence-electron chi connectivity index (χ1n) is 14.7. The van der Waals surface area contributed by atoms with Crippen LogP contribution in [0.1, 0.15) is 12.0 Å². The highest BCUT2D eigenvalue weighted by Gasteiger charge is 2.76. The van der Waals surface area contributed by atoms with Crippen LogP contribution in [0.3, 0.4) is 0 Å². The highest BCUT2D eigenvalue weighted by Crippen LogP contribution is 2.60. The van der Waals surface area contributed by atoms with Crippen molar-refractivity contribution in [1.82, 2.24) is 29.7 Å². The van der Waals surface area contributed by atoms with Gasteiger partial charge in [0.05, 0.1) is 30.1 Å². The van der Waals surface area contributed by atoms with E-state index in [1.54, 1.807) is 26.6 Å². The summed E-state index contributed by atoms with van der Waals surface area (Å²) in [5.74, 6) is -2.64. The maximum Gasteiger partial charge on any atom is 0.250 e. The molecule has 3 saturated heterocycles. The topological polar surface area (TPSA) is 121 Å². The molecule has 12 heteroatoms. The van der Waals surface area contributed by atoms with Gasteiger partial charge in [0.15, 0.2) is 0 Å². The zero-order chi connectivity index (χ0) is 31.0. The van der Waals surface area contributed by atoms with E-state index in [2.05, 4.69) is 39.4 Å². The van der Waals surface area contributed by atoms with Crippen LogP contribution in [0.5, 0.6) is 0 Å². The molecular weight excluding hydrogens is 628 g/mol. The molecule has 0 aliphatic carbocycles. The number of halogens is 1. The number of carbonyl (C=O) groups excluding carboxylic acids is 3. The number of nitrogens with zero attached hydrogens (tertiary/aromatic N) is 6. The number of β-amino-alcohol motifs (C(OH)–C–C–N with tert-alkyl or cyclic N) is 1. The number of likely N-dealkylation sites (tertiary alicyclic amines) is 1. The number of rotatable bonds is 12. The van der Waals surface area contributed by atoms with Crippen molar-refractivity contribution in [2.24, 2.45) is 11.8 Å². The number of benzene rings is 2. The van der Waals surface area contributed by atoms with Gasteiger partial charge in [0.2, 0.25) is 17.7 Å². The van der Waals surface area contributed by atoms with Crippen molar-refractivity contribution in [3.8, 4) is 0 Å². The lowest BCUT2D eigenvalue weighted by atomic mass is 9.70. The molecule has 11 nitrogen and oxygen atoms in total. The summed E-state index contributed by atoms with van der Waals surface area (Å²) in [4.78, 5) is 47.5. The Labute approximate surface area is 263 Å². The van der Waals surface area contributed by atoms with Crippen LogP contribution < -0.4 is 0 Å². The summed E-state index contributed by atoms with van der Waals surface area (Å²) in [6, 6.07) is 16.0. The lowest BCUT2D eigenvalue weighted by Gasteiger charge is -2.37. The predicted octanol–water partition coefficient (Wildman–Crippen LogP) is 2.36. The number of aliphatic hydroxyl groups excluding tert-OH is 1. The summed E-state index contributed by atoms with van der Waals surface area (Å²) in [6.45, 7) is 8.16. The Hall–Kier alpha value is -3.87. The fraction of sp³-hybridized carbons (Fsp3) is 0.406. The number of hydrogen-bond donors (Lipinski definition) is 1. The second kappa shape index (κ2) is 12.3. The van der Waals surface area contributed by atoms with E-state index in [4.69, 9.17) is 4.74 Å². The van der Waals surface area contributed by atoms with E-state index >= 15 is 0 Å². The molecule has 44 heavy (non-hydrogen) atoms. The van der Waals surface area contributed by atoms with Gasteiger partial charge in [0, 0.05) is 31.0 Å². The Kier molecular flexibility index (Phi) is 8.40. The molecule has 1 spiro atoms. The summed E-state index contributed by atoms with van der Waals surface area (Å²) in [5.41, 5.74) is 1.14. The van der Waals surface area contributed by atoms with Crippen LogP contribution in [0.15, 0.2) is 79.9 Å². The lowest BCUT2D eigenvalue weighted by Crippen LogP contribution is -2.57. The number of para-hydroxylation sites is 1. The lowest BCUT2D eigenvalue weighted by molar-refractivity contribution is -0.150. The quantitative estimate of drug-likeness (QED) is 0.234. The minimum Gasteiger partial charge on any atom is -0.395 e. The standard InChI is InChI=1S/C32H35BrN6O5/c1-3-14-36(19-21-10-6-5-7-11-21)29(41)25-26-30(42)38(16-17-40)28(32(26)18-22(33)27(25)44-32)31(43)37(15-4-2)20-39-24-13-9-8-12-23(24)34-35-39/h3-13,22,25-28,40H,1-2,14-20H2/t22?,25-,26+,27-,28?,32?/m1/s1. The third-order valence-electron chi connectivity index (χ3n) is 8.91. The average molecular weight is 664 g/mol. The van der Waals surface area contributed by atoms with Crippen LogP contribution in [0.25, 0.3) is 11.0 Å². The van der Waals surface area contributed by atoms with Gasteiger partial charge in [-0.15, -0.1) is 18.3 Å². The molecule has 0 radical (unpaired) electrons. The van der Waals surface area contributed by atoms with Gasteiger partial charge in [-0.05, 0) is 24.1 Å². The van der Waals surface area contributed by atoms with Crippen molar-refractivity contribution >= 4 is 44.7 Å². The summed E-state index contributed by atoms with van der Waals surface area (Å²) < 4.78 is 8.28. The number of aromatic nitrogens is 3. The van der Waals surface area contributed by atoms with Gasteiger partial charge in [-0.1, -0.05) is 75.8 Å². The fourth-order valence-corrected chi connectivity index (χ4v) is 8.11. The van der Waals surface area contributed by atoms with Gasteiger partial charge < -0.3 is 24.5 Å². The second-order valence-electron chi connectivity index (χ2n) is 11.5. The molecule has 0 saturated carbocycles. The molecule has 3 aliphatic heterocycles. The molecule has 3 aliphatic rings. The van der Waals surface area contributed by atoms with Gasteiger partial charge in [0.1, 0.15) is 23.8 Å². The van der Waals surface area contributed by atoms with Gasteiger partial charge in [-0.2, -0.15) is 0 Å². The third kappa shape index (κ3) is 4.94. The van der Waals surface area contributed by atoms with Crippen molar-refractivity contribution in [3.63, 3.8) is 0 Å². The molecule has 2 aromatic carbocycles. The summed E-state index contributed by atoms with van der Waals surface area (Å²) in [7, 11) is 0. The van der Waals surface area contributed by atoms with Crippen LogP contribution in [0.4, 0.5) is 0 Å². The van der Waals surface area contributed by atoms with Crippen LogP contribution in [0.2, 0.25) is 0 Å². The second-order valence-corrected chi connectivity index (χ2v) is 12.7. The monoisotopic (exact) mass is 662 g/mol. The first kappa shape index (κ1) is 30.2. The van der Waals surface area contributed by atoms with Gasteiger partial charge in [-0.3, -0.25) is 14.4 Å². The molecule has 6 atom stereocenters. The molecule has 1 N–H and O–H groups in total. The minimum atomic E-state index is -1.25. The number of amides is 3. The number of fused-ring (bicyclic) bond motifs is 2. The van der Waals surface area contributed by atoms with Gasteiger partial charge in [-0.25, -0.2) is 4.68 Å². The van der Waals surface area contributed by atoms with E-state index in [9.17, 15) is 19.5 Å². The van der Waals surface area contributed by atoms with E-state index in [-0.39, 0.29) is 48.9 Å². The number of alkyl halides is 1. The predicted molar refractivity (Wildman–Crippen MR) is 166 cm³/mol. The molecule has 2 bridgehead atoms. The fourth-order valence-electron chi connectivity index (χ4n) is 7.17. The first-order chi connectivity index (χ1) is 21.3. The van der Waals surface area contributed by atoms with Crippen molar-refractivity contribution in [2.75, 3.05) is 26.2 Å². The summed E-state index contributed by atoms with van der Waals surface area (Å²) in [6.07, 6.45) is 3.05. The first-order valence-corrected chi connectivity index (χ1v) is 15.6. The van der Waals surface area contributed by atoms with E-state index in [0.29, 0.717) is 25.0 Å². The highest BCUT2D eigenvalue weighted by atomic mass is 79.9. The van der Waals surface area contributed by atoms with Crippen LogP contribution in [-0.4, -0.2) is 101 Å². The van der Waals surface area contributed by atoms with Gasteiger partial charge >= 0.3 is 0 Å². The van der Waals surface area contributed by atoms with E-state index in [0.717, 1.165) is 11.1 Å². The Morgan fingerprint density at radius 2 is 1.77 bits per heavy atom. The Morgan fingerprint density at radius 1 is 1.07 bits per heavy atom. The number of ether oxygens (including phenoxy) is 1. The third-order valence-corrected chi connectivity index (χ3v) is 9.76. The van der Waals surface area contributed by atoms with Crippen molar-refractivity contribution < 1.29 is 24.2 Å². The van der Waals surface area contributed by atoms with Crippen LogP contribution >= 0.6 is 15.9 Å². The molecule has 3 unspecified atom stereocenters. The molecular formula is C32H35BrN6O5. The Balaban J connectivity index is 1.35. The summed E-state index contributed by atoms with van der Waals surface area (Å²) >= 11 is 3.73. The van der Waals surface area contributed by atoms with Gasteiger partial charge in [0.25, 0.3) is 0 Å². The minimum absolute atomic E-state index is 0.0655. The number of hydrogen-bond acceptors (Lipinski definition) is 7. The zero-order valence-corrected chi connectivity index (χ0v) is 25.8. The summed E-state index contributed by atoms with van der Waals surface area (Å²) in [5, 5.41) is 18.5. The maximum absolute atomic E-state index is 14.6. The number of carbonyl (C=O) groups is 3. The number of aliphatic hydroxyl groups is 1. The SMILES string of the molecule is C=CCN(Cn1nnc2ccccc21)C(=O)C1N(CCO)C(=O)[C@@H]2[C@@H](C(=O)N(CC=C)Cc3ccccc3)[C@@H]3OC12CC3Br. The van der Waals surface area contributed by atoms with E-state index in [1.807, 2.05) is 54.6 Å². The van der Waals surface area contributed by atoms with E-state index < -0.39 is 29.6 Å². The molecule has 6 rings (SSSR count). The van der Waals surface area contributed by atoms with Crippen molar-refractivity contribution in [2.45, 2.75) is 42.2 Å². The zero-order valence-electron chi connectivity index (χ0n) is 24.2. The normalized spacial score (nSPS) is 27.0. The van der Waals surface area contributed by atoms with Crippen LogP contribution in [0, 0.1) is 11.8 Å². The largest absolute Gasteiger partial charge is 0.395 e. The van der Waals surface area contributed by atoms with Crippen molar-refractivity contribution in [3.05, 3.63) is 85.5 Å². The van der Waals surface area contributed by atoms with Crippen LogP contribution in [-0.2, 0) is 32.3 Å².